The molecule has 30 heavy (non-hydrogen) atoms. The summed E-state index contributed by atoms with van der Waals surface area (Å²) >= 11 is 0. The lowest BCUT2D eigenvalue weighted by atomic mass is 10.0. The summed E-state index contributed by atoms with van der Waals surface area (Å²) in [5, 5.41) is 3.29. The zero-order chi connectivity index (χ0) is 21.5. The van der Waals surface area contributed by atoms with Gasteiger partial charge in [0.1, 0.15) is 11.6 Å². The Labute approximate surface area is 176 Å². The molecule has 2 heterocycles. The van der Waals surface area contributed by atoms with Crippen LogP contribution >= 0.6 is 0 Å². The number of hydrogen-bond acceptors (Lipinski definition) is 4. The number of carbonyl (C=O) groups excluding carboxylic acids is 1. The van der Waals surface area contributed by atoms with Crippen LogP contribution in [0.4, 0.5) is 8.78 Å². The zero-order valence-corrected chi connectivity index (χ0v) is 17.7. The summed E-state index contributed by atoms with van der Waals surface area (Å²) in [7, 11) is 1.72. The SMILES string of the molecule is CN=C(NCC(C)c1ccc(F)cc1F)N1CCN(CC(=O)N2CCOCC2)CC1. The van der Waals surface area contributed by atoms with Crippen molar-refractivity contribution >= 4 is 11.9 Å². The molecule has 1 atom stereocenters. The summed E-state index contributed by atoms with van der Waals surface area (Å²) < 4.78 is 32.4. The van der Waals surface area contributed by atoms with Crippen molar-refractivity contribution in [2.45, 2.75) is 12.8 Å². The molecule has 3 rings (SSSR count). The van der Waals surface area contributed by atoms with Gasteiger partial charge in [-0.25, -0.2) is 8.78 Å². The molecule has 1 aromatic rings. The van der Waals surface area contributed by atoms with E-state index in [1.807, 2.05) is 11.8 Å². The van der Waals surface area contributed by atoms with Crippen molar-refractivity contribution in [2.75, 3.05) is 72.6 Å². The number of carbonyl (C=O) groups is 1. The molecule has 7 nitrogen and oxygen atoms in total. The predicted molar refractivity (Wildman–Crippen MR) is 112 cm³/mol. The predicted octanol–water partition coefficient (Wildman–Crippen LogP) is 1.12. The van der Waals surface area contributed by atoms with Crippen molar-refractivity contribution in [1.82, 2.24) is 20.0 Å². The van der Waals surface area contributed by atoms with E-state index in [0.29, 0.717) is 45.0 Å². The number of hydrogen-bond donors (Lipinski definition) is 1. The molecule has 166 valence electrons. The van der Waals surface area contributed by atoms with E-state index in [4.69, 9.17) is 4.74 Å². The number of morpholine rings is 1. The molecule has 1 N–H and O–H groups in total. The van der Waals surface area contributed by atoms with Gasteiger partial charge in [-0.3, -0.25) is 14.7 Å². The molecule has 0 bridgehead atoms. The number of ether oxygens (including phenoxy) is 1. The molecule has 9 heteroatoms. The monoisotopic (exact) mass is 423 g/mol. The van der Waals surface area contributed by atoms with Crippen LogP contribution in [0.3, 0.4) is 0 Å². The second-order valence-electron chi connectivity index (χ2n) is 7.75. The molecule has 0 aliphatic carbocycles. The van der Waals surface area contributed by atoms with Crippen molar-refractivity contribution in [2.24, 2.45) is 4.99 Å². The summed E-state index contributed by atoms with van der Waals surface area (Å²) in [6.45, 7) is 8.45. The number of nitrogens with zero attached hydrogens (tertiary/aromatic N) is 4. The third kappa shape index (κ3) is 5.89. The van der Waals surface area contributed by atoms with Gasteiger partial charge in [0.2, 0.25) is 5.91 Å². The second-order valence-corrected chi connectivity index (χ2v) is 7.75. The van der Waals surface area contributed by atoms with Crippen LogP contribution in [0, 0.1) is 11.6 Å². The molecule has 0 spiro atoms. The van der Waals surface area contributed by atoms with Crippen LogP contribution in [0.1, 0.15) is 18.4 Å². The number of halogens is 2. The highest BCUT2D eigenvalue weighted by atomic mass is 19.1. The van der Waals surface area contributed by atoms with Crippen LogP contribution in [-0.2, 0) is 9.53 Å². The Bertz CT molecular complexity index is 747. The molecule has 0 radical (unpaired) electrons. The van der Waals surface area contributed by atoms with Gasteiger partial charge in [0, 0.05) is 64.8 Å². The van der Waals surface area contributed by atoms with E-state index in [9.17, 15) is 13.6 Å². The second kappa shape index (κ2) is 10.7. The minimum atomic E-state index is -0.572. The van der Waals surface area contributed by atoms with E-state index in [1.54, 1.807) is 7.05 Å². The molecule has 2 aliphatic rings. The molecule has 1 amide bonds. The van der Waals surface area contributed by atoms with Crippen molar-refractivity contribution < 1.29 is 18.3 Å². The van der Waals surface area contributed by atoms with Crippen LogP contribution in [-0.4, -0.2) is 99.2 Å². The van der Waals surface area contributed by atoms with Gasteiger partial charge in [0.05, 0.1) is 19.8 Å². The minimum Gasteiger partial charge on any atom is -0.378 e. The molecule has 1 unspecified atom stereocenters. The maximum Gasteiger partial charge on any atom is 0.236 e. The average molecular weight is 424 g/mol. The molecular formula is C21H31F2N5O2. The number of amides is 1. The molecule has 1 aromatic carbocycles. The van der Waals surface area contributed by atoms with Crippen LogP contribution in [0.5, 0.6) is 0 Å². The highest BCUT2D eigenvalue weighted by molar-refractivity contribution is 5.80. The molecule has 0 aromatic heterocycles. The van der Waals surface area contributed by atoms with Gasteiger partial charge < -0.3 is 19.9 Å². The number of guanidine groups is 1. The van der Waals surface area contributed by atoms with Crippen molar-refractivity contribution in [3.05, 3.63) is 35.4 Å². The molecule has 2 aliphatic heterocycles. The van der Waals surface area contributed by atoms with Gasteiger partial charge in [-0.1, -0.05) is 13.0 Å². The fourth-order valence-corrected chi connectivity index (χ4v) is 3.81. The fraction of sp³-hybridized carbons (Fsp3) is 0.619. The summed E-state index contributed by atoms with van der Waals surface area (Å²) in [5.74, 6) is -0.322. The zero-order valence-electron chi connectivity index (χ0n) is 17.7. The van der Waals surface area contributed by atoms with E-state index in [2.05, 4.69) is 20.1 Å². The number of nitrogens with one attached hydrogen (secondary N) is 1. The van der Waals surface area contributed by atoms with Crippen LogP contribution < -0.4 is 5.32 Å². The first-order valence-electron chi connectivity index (χ1n) is 10.5. The Balaban J connectivity index is 1.45. The molecule has 2 saturated heterocycles. The minimum absolute atomic E-state index is 0.130. The number of benzene rings is 1. The first-order valence-corrected chi connectivity index (χ1v) is 10.5. The van der Waals surface area contributed by atoms with Crippen molar-refractivity contribution in [3.63, 3.8) is 0 Å². The van der Waals surface area contributed by atoms with Gasteiger partial charge in [-0.15, -0.1) is 0 Å². The maximum atomic E-state index is 14.0. The number of rotatable bonds is 5. The summed E-state index contributed by atoms with van der Waals surface area (Å²) in [6, 6.07) is 3.68. The van der Waals surface area contributed by atoms with E-state index in [1.165, 1.54) is 12.1 Å². The van der Waals surface area contributed by atoms with Gasteiger partial charge in [0.15, 0.2) is 5.96 Å². The summed E-state index contributed by atoms with van der Waals surface area (Å²) in [4.78, 5) is 22.9. The van der Waals surface area contributed by atoms with Crippen molar-refractivity contribution in [1.29, 1.82) is 0 Å². The standard InChI is InChI=1S/C21H31F2N5O2/c1-16(18-4-3-17(22)13-19(18)23)14-25-21(24-2)28-7-5-26(6-8-28)15-20(29)27-9-11-30-12-10-27/h3-4,13,16H,5-12,14-15H2,1-2H3,(H,24,25). The van der Waals surface area contributed by atoms with Crippen molar-refractivity contribution in [3.8, 4) is 0 Å². The van der Waals surface area contributed by atoms with Crippen LogP contribution in [0.25, 0.3) is 0 Å². The molecular weight excluding hydrogens is 392 g/mol. The van der Waals surface area contributed by atoms with E-state index < -0.39 is 11.6 Å². The maximum absolute atomic E-state index is 14.0. The quantitative estimate of drug-likeness (QED) is 0.568. The topological polar surface area (TPSA) is 60.4 Å². The highest BCUT2D eigenvalue weighted by Crippen LogP contribution is 2.19. The lowest BCUT2D eigenvalue weighted by molar-refractivity contribution is -0.136. The largest absolute Gasteiger partial charge is 0.378 e. The van der Waals surface area contributed by atoms with Crippen LogP contribution in [0.15, 0.2) is 23.2 Å². The van der Waals surface area contributed by atoms with Gasteiger partial charge in [0.25, 0.3) is 0 Å². The number of piperazine rings is 1. The Morgan fingerprint density at radius 1 is 1.13 bits per heavy atom. The fourth-order valence-electron chi connectivity index (χ4n) is 3.81. The third-order valence-electron chi connectivity index (χ3n) is 5.67. The summed E-state index contributed by atoms with van der Waals surface area (Å²) in [5.41, 5.74) is 0.478. The van der Waals surface area contributed by atoms with E-state index in [0.717, 1.165) is 38.2 Å². The lowest BCUT2D eigenvalue weighted by Gasteiger charge is -2.37. The third-order valence-corrected chi connectivity index (χ3v) is 5.67. The first kappa shape index (κ1) is 22.4. The van der Waals surface area contributed by atoms with Gasteiger partial charge in [-0.2, -0.15) is 0 Å². The Kier molecular flexibility index (Phi) is 7.98. The van der Waals surface area contributed by atoms with E-state index >= 15 is 0 Å². The first-order chi connectivity index (χ1) is 14.5. The van der Waals surface area contributed by atoms with Gasteiger partial charge in [-0.05, 0) is 11.6 Å². The Morgan fingerprint density at radius 3 is 2.47 bits per heavy atom. The molecule has 0 saturated carbocycles. The lowest BCUT2D eigenvalue weighted by Crippen LogP contribution is -2.55. The number of aliphatic imine (C=N–C) groups is 1. The Morgan fingerprint density at radius 2 is 1.83 bits per heavy atom. The normalized spacial score (nSPS) is 19.7. The van der Waals surface area contributed by atoms with Crippen LogP contribution in [0.2, 0.25) is 0 Å². The highest BCUT2D eigenvalue weighted by Gasteiger charge is 2.24. The Hall–Kier alpha value is -2.26. The van der Waals surface area contributed by atoms with E-state index in [-0.39, 0.29) is 11.8 Å². The van der Waals surface area contributed by atoms with Gasteiger partial charge >= 0.3 is 0 Å². The smallest absolute Gasteiger partial charge is 0.236 e. The molecule has 2 fully saturated rings. The summed E-state index contributed by atoms with van der Waals surface area (Å²) in [6.07, 6.45) is 0. The average Bonchev–Trinajstić information content (AvgIpc) is 2.75.